The van der Waals surface area contributed by atoms with Gasteiger partial charge in [-0.25, -0.2) is 9.49 Å². The number of hydrogen-bond acceptors (Lipinski definition) is 8. The number of nitrogens with two attached hydrogens (primary N) is 1. The minimum Gasteiger partial charge on any atom is -0.372 e. The highest BCUT2D eigenvalue weighted by Gasteiger charge is 2.37. The number of nitrogens with one attached hydrogen (secondary N) is 1. The maximum atomic E-state index is 15.0. The lowest BCUT2D eigenvalue weighted by molar-refractivity contribution is -0.147. The van der Waals surface area contributed by atoms with Gasteiger partial charge in [0.2, 0.25) is 11.8 Å². The van der Waals surface area contributed by atoms with Gasteiger partial charge < -0.3 is 25.2 Å². The summed E-state index contributed by atoms with van der Waals surface area (Å²) >= 11 is 0. The minimum atomic E-state index is -0.599. The molecule has 0 spiro atoms. The van der Waals surface area contributed by atoms with Crippen LogP contribution in [0.5, 0.6) is 0 Å². The van der Waals surface area contributed by atoms with E-state index in [0.29, 0.717) is 80.2 Å². The molecule has 3 N–H and O–H groups in total. The lowest BCUT2D eigenvalue weighted by Gasteiger charge is -2.44. The Hall–Kier alpha value is -4.20. The zero-order chi connectivity index (χ0) is 37.8. The van der Waals surface area contributed by atoms with Crippen LogP contribution in [0.15, 0.2) is 47.3 Å². The first-order valence-electron chi connectivity index (χ1n) is 19.8. The van der Waals surface area contributed by atoms with Crippen LogP contribution < -0.4 is 11.3 Å². The van der Waals surface area contributed by atoms with Crippen molar-refractivity contribution in [2.45, 2.75) is 88.9 Å². The van der Waals surface area contributed by atoms with E-state index in [1.165, 1.54) is 25.3 Å². The van der Waals surface area contributed by atoms with Gasteiger partial charge in [-0.3, -0.25) is 24.1 Å². The number of carbonyl (C=O) groups excluding carboxylic acids is 3. The topological polar surface area (TPSA) is 145 Å². The van der Waals surface area contributed by atoms with Crippen LogP contribution in [0.3, 0.4) is 0 Å². The number of hydrogen-bond donors (Lipinski definition) is 2. The number of benzene rings is 2. The third-order valence-electron chi connectivity index (χ3n) is 12.2. The number of fused-ring (bicyclic) bond motifs is 1. The van der Waals surface area contributed by atoms with E-state index in [1.54, 1.807) is 34.1 Å². The molecule has 0 bridgehead atoms. The van der Waals surface area contributed by atoms with Crippen LogP contribution in [0.2, 0.25) is 0 Å². The Morgan fingerprint density at radius 1 is 0.889 bits per heavy atom. The summed E-state index contributed by atoms with van der Waals surface area (Å²) < 4.78 is 21.7. The summed E-state index contributed by atoms with van der Waals surface area (Å²) in [6.45, 7) is 6.80. The third kappa shape index (κ3) is 8.68. The van der Waals surface area contributed by atoms with Gasteiger partial charge in [-0.1, -0.05) is 43.5 Å². The van der Waals surface area contributed by atoms with Crippen molar-refractivity contribution in [1.82, 2.24) is 29.8 Å². The van der Waals surface area contributed by atoms with Crippen molar-refractivity contribution >= 4 is 28.5 Å². The average Bonchev–Trinajstić information content (AvgIpc) is 3.20. The summed E-state index contributed by atoms with van der Waals surface area (Å²) in [4.78, 5) is 59.6. The van der Waals surface area contributed by atoms with E-state index >= 15 is 0 Å². The molecule has 3 saturated heterocycles. The standard InChI is InChI=1S/C41H54FN7O5/c1-41(54-30-13-17-48(18-14-30)40(53)37(43)29-7-3-2-4-8-29)15-19-46(20-16-41)27-36(50)47-21-23-49(24-22-47)39(52)33-25-28(11-12-34(33)42)26-35-31-9-5-6-10-32(31)38(51)45-44-35/h5-6,9-12,25,29-30,37H,2-4,7-8,13-24,26-27,43H2,1H3,(H,45,51). The van der Waals surface area contributed by atoms with Crippen molar-refractivity contribution in [3.63, 3.8) is 0 Å². The van der Waals surface area contributed by atoms with Crippen molar-refractivity contribution in [3.8, 4) is 0 Å². The second-order valence-electron chi connectivity index (χ2n) is 16.0. The summed E-state index contributed by atoms with van der Waals surface area (Å²) in [6.07, 6.45) is 9.43. The van der Waals surface area contributed by atoms with Gasteiger partial charge in [0.05, 0.1) is 40.9 Å². The van der Waals surface area contributed by atoms with E-state index in [1.807, 2.05) is 17.0 Å². The van der Waals surface area contributed by atoms with Gasteiger partial charge in [0.25, 0.3) is 11.5 Å². The van der Waals surface area contributed by atoms with E-state index < -0.39 is 11.7 Å². The van der Waals surface area contributed by atoms with Crippen LogP contribution in [-0.4, -0.2) is 124 Å². The second-order valence-corrected chi connectivity index (χ2v) is 16.0. The lowest BCUT2D eigenvalue weighted by atomic mass is 9.83. The fourth-order valence-electron chi connectivity index (χ4n) is 8.77. The molecule has 1 saturated carbocycles. The predicted molar refractivity (Wildman–Crippen MR) is 203 cm³/mol. The first-order valence-corrected chi connectivity index (χ1v) is 19.8. The Morgan fingerprint density at radius 3 is 2.26 bits per heavy atom. The van der Waals surface area contributed by atoms with Gasteiger partial charge in [0, 0.05) is 64.2 Å². The highest BCUT2D eigenvalue weighted by molar-refractivity contribution is 5.95. The second kappa shape index (κ2) is 16.7. The predicted octanol–water partition coefficient (Wildman–Crippen LogP) is 3.71. The number of ether oxygens (including phenoxy) is 1. The van der Waals surface area contributed by atoms with E-state index in [9.17, 15) is 23.6 Å². The Kier molecular flexibility index (Phi) is 11.8. The van der Waals surface area contributed by atoms with Crippen molar-refractivity contribution in [2.75, 3.05) is 58.9 Å². The van der Waals surface area contributed by atoms with Crippen molar-refractivity contribution in [1.29, 1.82) is 0 Å². The van der Waals surface area contributed by atoms with Gasteiger partial charge in [0.1, 0.15) is 5.82 Å². The fourth-order valence-corrected chi connectivity index (χ4v) is 8.77. The van der Waals surface area contributed by atoms with Crippen LogP contribution >= 0.6 is 0 Å². The number of rotatable bonds is 9. The van der Waals surface area contributed by atoms with Gasteiger partial charge in [-0.05, 0) is 75.1 Å². The molecule has 4 aliphatic rings. The molecular weight excluding hydrogens is 689 g/mol. The number of amides is 3. The zero-order valence-corrected chi connectivity index (χ0v) is 31.4. The van der Waals surface area contributed by atoms with Gasteiger partial charge in [-0.2, -0.15) is 5.10 Å². The Balaban J connectivity index is 0.843. The molecule has 3 aromatic rings. The molecule has 1 aliphatic carbocycles. The van der Waals surface area contributed by atoms with Gasteiger partial charge in [-0.15, -0.1) is 0 Å². The highest BCUT2D eigenvalue weighted by atomic mass is 19.1. The summed E-state index contributed by atoms with van der Waals surface area (Å²) in [7, 11) is 0. The molecule has 12 nitrogen and oxygen atoms in total. The zero-order valence-electron chi connectivity index (χ0n) is 31.4. The normalized spacial score (nSPS) is 21.0. The number of halogens is 1. The summed E-state index contributed by atoms with van der Waals surface area (Å²) in [5.41, 5.74) is 7.19. The molecule has 2 aromatic carbocycles. The Morgan fingerprint density at radius 2 is 1.56 bits per heavy atom. The van der Waals surface area contributed by atoms with E-state index in [-0.39, 0.29) is 40.7 Å². The monoisotopic (exact) mass is 743 g/mol. The number of aromatic amines is 1. The molecule has 4 fully saturated rings. The number of likely N-dealkylation sites (tertiary alicyclic amines) is 2. The van der Waals surface area contributed by atoms with Crippen molar-refractivity contribution in [2.24, 2.45) is 11.7 Å². The number of piperidine rings is 2. The molecule has 290 valence electrons. The molecule has 1 aromatic heterocycles. The number of aromatic nitrogens is 2. The van der Waals surface area contributed by atoms with Crippen molar-refractivity contribution < 1.29 is 23.5 Å². The summed E-state index contributed by atoms with van der Waals surface area (Å²) in [5, 5.41) is 7.98. The quantitative estimate of drug-likeness (QED) is 0.338. The molecule has 54 heavy (non-hydrogen) atoms. The van der Waals surface area contributed by atoms with Crippen molar-refractivity contribution in [3.05, 3.63) is 75.5 Å². The number of H-pyrrole nitrogens is 1. The molecule has 3 aliphatic heterocycles. The minimum absolute atomic E-state index is 0.0162. The molecule has 7 rings (SSSR count). The number of carbonyl (C=O) groups is 3. The Labute approximate surface area is 316 Å². The van der Waals surface area contributed by atoms with E-state index in [2.05, 4.69) is 22.0 Å². The SMILES string of the molecule is CC1(OC2CCN(C(=O)C(N)C3CCCCC3)CC2)CCN(CC(=O)N2CCN(C(=O)c3cc(Cc4n[nH]c(=O)c5ccccc45)ccc3F)CC2)CC1. The van der Waals surface area contributed by atoms with Crippen LogP contribution in [0.1, 0.15) is 86.3 Å². The summed E-state index contributed by atoms with van der Waals surface area (Å²) in [5.74, 6) is -0.561. The maximum absolute atomic E-state index is 15.0. The molecule has 1 unspecified atom stereocenters. The van der Waals surface area contributed by atoms with Crippen LogP contribution in [0.25, 0.3) is 10.8 Å². The number of piperazine rings is 1. The Bertz CT molecular complexity index is 1870. The third-order valence-corrected chi connectivity index (χ3v) is 12.2. The van der Waals surface area contributed by atoms with E-state index in [4.69, 9.17) is 10.5 Å². The molecule has 13 heteroatoms. The average molecular weight is 744 g/mol. The molecule has 3 amide bonds. The first-order chi connectivity index (χ1) is 26.1. The van der Waals surface area contributed by atoms with Gasteiger partial charge in [0.15, 0.2) is 0 Å². The van der Waals surface area contributed by atoms with Gasteiger partial charge >= 0.3 is 0 Å². The largest absolute Gasteiger partial charge is 0.372 e. The maximum Gasteiger partial charge on any atom is 0.272 e. The number of nitrogens with zero attached hydrogens (tertiary/aromatic N) is 5. The lowest BCUT2D eigenvalue weighted by Crippen LogP contribution is -2.54. The van der Waals surface area contributed by atoms with Crippen LogP contribution in [0.4, 0.5) is 4.39 Å². The first kappa shape index (κ1) is 38.1. The van der Waals surface area contributed by atoms with E-state index in [0.717, 1.165) is 51.6 Å². The van der Waals surface area contributed by atoms with Crippen LogP contribution in [-0.2, 0) is 20.7 Å². The molecule has 0 radical (unpaired) electrons. The summed E-state index contributed by atoms with van der Waals surface area (Å²) in [6, 6.07) is 11.3. The van der Waals surface area contributed by atoms with Crippen LogP contribution in [0, 0.1) is 11.7 Å². The molecule has 4 heterocycles. The molecular formula is C41H54FN7O5. The fraction of sp³-hybridized carbons (Fsp3) is 0.585. The molecule has 1 atom stereocenters. The smallest absolute Gasteiger partial charge is 0.272 e. The highest BCUT2D eigenvalue weighted by Crippen LogP contribution is 2.31.